The minimum Gasteiger partial charge on any atom is -0.444 e. The van der Waals surface area contributed by atoms with Gasteiger partial charge in [0.15, 0.2) is 0 Å². The predicted octanol–water partition coefficient (Wildman–Crippen LogP) is 4.14. The largest absolute Gasteiger partial charge is 0.444 e. The van der Waals surface area contributed by atoms with Gasteiger partial charge in [-0.3, -0.25) is 4.98 Å². The van der Waals surface area contributed by atoms with Gasteiger partial charge in [0.1, 0.15) is 5.60 Å². The number of rotatable bonds is 10. The molecular weight excluding hydrogens is 404 g/mol. The number of hydrogen-bond donors (Lipinski definition) is 1. The third kappa shape index (κ3) is 9.81. The summed E-state index contributed by atoms with van der Waals surface area (Å²) in [5, 5.41) is 3.02. The van der Waals surface area contributed by atoms with Crippen LogP contribution >= 0.6 is 0 Å². The van der Waals surface area contributed by atoms with Gasteiger partial charge in [-0.15, -0.1) is 0 Å². The average Bonchev–Trinajstić information content (AvgIpc) is 2.76. The third-order valence-corrected chi connectivity index (χ3v) is 4.88. The maximum absolute atomic E-state index is 12.9. The number of nitrogens with zero attached hydrogens (tertiary/aromatic N) is 3. The Labute approximate surface area is 191 Å². The molecule has 0 saturated heterocycles. The summed E-state index contributed by atoms with van der Waals surface area (Å²) >= 11 is 0. The van der Waals surface area contributed by atoms with E-state index >= 15 is 0 Å². The monoisotopic (exact) mass is 440 g/mol. The Morgan fingerprint density at radius 2 is 1.59 bits per heavy atom. The van der Waals surface area contributed by atoms with Crippen molar-refractivity contribution in [1.82, 2.24) is 20.1 Å². The average molecular weight is 441 g/mol. The number of pyridine rings is 1. The normalized spacial score (nSPS) is 11.0. The minimum absolute atomic E-state index is 0.117. The van der Waals surface area contributed by atoms with E-state index in [0.717, 1.165) is 19.3 Å². The molecule has 1 aromatic carbocycles. The molecule has 0 atom stereocenters. The van der Waals surface area contributed by atoms with Crippen molar-refractivity contribution in [2.45, 2.75) is 45.6 Å². The van der Waals surface area contributed by atoms with Gasteiger partial charge in [0.25, 0.3) is 0 Å². The van der Waals surface area contributed by atoms with Crippen LogP contribution in [0.1, 0.15) is 38.3 Å². The third-order valence-electron chi connectivity index (χ3n) is 4.88. The van der Waals surface area contributed by atoms with Crippen molar-refractivity contribution in [2.24, 2.45) is 0 Å². The number of ether oxygens (including phenoxy) is 1. The molecule has 0 bridgehead atoms. The maximum atomic E-state index is 12.9. The molecule has 1 heterocycles. The molecule has 0 unspecified atom stereocenters. The Balaban J connectivity index is 1.87. The molecule has 3 amide bonds. The van der Waals surface area contributed by atoms with Crippen LogP contribution in [-0.2, 0) is 17.6 Å². The Morgan fingerprint density at radius 3 is 2.25 bits per heavy atom. The highest BCUT2D eigenvalue weighted by Gasteiger charge is 2.21. The fraction of sp³-hybridized carbons (Fsp3) is 0.480. The molecule has 1 aromatic heterocycles. The van der Waals surface area contributed by atoms with E-state index in [4.69, 9.17) is 4.74 Å². The first-order valence-corrected chi connectivity index (χ1v) is 11.1. The second kappa shape index (κ2) is 12.7. The van der Waals surface area contributed by atoms with E-state index in [1.165, 1.54) is 16.0 Å². The van der Waals surface area contributed by atoms with Gasteiger partial charge in [0.05, 0.1) is 0 Å². The van der Waals surface area contributed by atoms with Crippen LogP contribution in [0.15, 0.2) is 54.9 Å². The number of hydrogen-bond acceptors (Lipinski definition) is 4. The van der Waals surface area contributed by atoms with Crippen molar-refractivity contribution in [3.63, 3.8) is 0 Å². The maximum Gasteiger partial charge on any atom is 0.410 e. The summed E-state index contributed by atoms with van der Waals surface area (Å²) in [6.07, 6.45) is 5.65. The van der Waals surface area contributed by atoms with Crippen LogP contribution in [0.3, 0.4) is 0 Å². The molecule has 0 aliphatic carbocycles. The number of aryl methyl sites for hydroxylation is 1. The topological polar surface area (TPSA) is 74.8 Å². The van der Waals surface area contributed by atoms with Crippen LogP contribution in [-0.4, -0.2) is 65.7 Å². The van der Waals surface area contributed by atoms with Crippen LogP contribution in [0.25, 0.3) is 0 Å². The molecule has 7 nitrogen and oxygen atoms in total. The second-order valence-electron chi connectivity index (χ2n) is 8.82. The van der Waals surface area contributed by atoms with Gasteiger partial charge in [0.2, 0.25) is 0 Å². The molecule has 0 spiro atoms. The molecular formula is C25H36N4O3. The number of carbonyl (C=O) groups is 2. The van der Waals surface area contributed by atoms with Gasteiger partial charge < -0.3 is 19.9 Å². The van der Waals surface area contributed by atoms with E-state index in [1.807, 2.05) is 51.1 Å². The predicted molar refractivity (Wildman–Crippen MR) is 127 cm³/mol. The Bertz CT molecular complexity index is 822. The van der Waals surface area contributed by atoms with Crippen molar-refractivity contribution in [2.75, 3.05) is 33.2 Å². The smallest absolute Gasteiger partial charge is 0.410 e. The van der Waals surface area contributed by atoms with Crippen LogP contribution in [0.5, 0.6) is 0 Å². The van der Waals surface area contributed by atoms with E-state index in [1.54, 1.807) is 24.3 Å². The Hall–Kier alpha value is -3.09. The zero-order valence-electron chi connectivity index (χ0n) is 19.7. The first kappa shape index (κ1) is 25.2. The van der Waals surface area contributed by atoms with E-state index in [2.05, 4.69) is 22.4 Å². The van der Waals surface area contributed by atoms with Crippen molar-refractivity contribution in [3.05, 3.63) is 66.0 Å². The molecule has 0 aliphatic rings. The molecule has 0 saturated carbocycles. The number of carbonyl (C=O) groups excluding carboxylic acids is 2. The molecule has 2 rings (SSSR count). The Kier molecular flexibility index (Phi) is 9.98. The number of benzene rings is 1. The molecule has 0 fully saturated rings. The van der Waals surface area contributed by atoms with Crippen molar-refractivity contribution in [3.8, 4) is 0 Å². The summed E-state index contributed by atoms with van der Waals surface area (Å²) in [7, 11) is 1.69. The minimum atomic E-state index is -0.551. The van der Waals surface area contributed by atoms with Gasteiger partial charge in [-0.05, 0) is 63.3 Å². The lowest BCUT2D eigenvalue weighted by atomic mass is 10.1. The number of aromatic nitrogens is 1. The van der Waals surface area contributed by atoms with E-state index < -0.39 is 11.7 Å². The molecule has 32 heavy (non-hydrogen) atoms. The lowest BCUT2D eigenvalue weighted by molar-refractivity contribution is 0.0287. The molecule has 2 aromatic rings. The van der Waals surface area contributed by atoms with Crippen molar-refractivity contribution in [1.29, 1.82) is 0 Å². The summed E-state index contributed by atoms with van der Waals surface area (Å²) < 4.78 is 5.41. The number of amides is 3. The van der Waals surface area contributed by atoms with Gasteiger partial charge in [0, 0.05) is 45.6 Å². The highest BCUT2D eigenvalue weighted by molar-refractivity contribution is 5.74. The second-order valence-corrected chi connectivity index (χ2v) is 8.82. The van der Waals surface area contributed by atoms with Crippen LogP contribution in [0.4, 0.5) is 9.59 Å². The first-order valence-electron chi connectivity index (χ1n) is 11.1. The lowest BCUT2D eigenvalue weighted by Gasteiger charge is -2.28. The highest BCUT2D eigenvalue weighted by atomic mass is 16.6. The zero-order valence-corrected chi connectivity index (χ0v) is 19.7. The van der Waals surface area contributed by atoms with E-state index in [0.29, 0.717) is 26.2 Å². The van der Waals surface area contributed by atoms with Gasteiger partial charge in [-0.25, -0.2) is 9.59 Å². The summed E-state index contributed by atoms with van der Waals surface area (Å²) in [4.78, 5) is 32.4. The Morgan fingerprint density at radius 1 is 0.938 bits per heavy atom. The summed E-state index contributed by atoms with van der Waals surface area (Å²) in [5.74, 6) is 0. The lowest BCUT2D eigenvalue weighted by Crippen LogP contribution is -2.46. The SMILES string of the molecule is CN(CCN(CCc1ccccc1)C(=O)NCCCc1ccncc1)C(=O)OC(C)(C)C. The molecule has 174 valence electrons. The molecule has 7 heteroatoms. The standard InChI is InChI=1S/C25H36N4O3/c1-25(2,3)32-24(31)28(4)19-20-29(18-14-21-9-6-5-7-10-21)23(30)27-15-8-11-22-12-16-26-17-13-22/h5-7,9-10,12-13,16-17H,8,11,14-15,18-20H2,1-4H3,(H,27,30). The summed E-state index contributed by atoms with van der Waals surface area (Å²) in [5.41, 5.74) is 1.82. The van der Waals surface area contributed by atoms with Crippen LogP contribution in [0.2, 0.25) is 0 Å². The first-order chi connectivity index (χ1) is 15.2. The fourth-order valence-electron chi connectivity index (χ4n) is 3.07. The van der Waals surface area contributed by atoms with Gasteiger partial charge in [-0.2, -0.15) is 0 Å². The summed E-state index contributed by atoms with van der Waals surface area (Å²) in [6.45, 7) is 7.50. The zero-order chi connectivity index (χ0) is 23.4. The quantitative estimate of drug-likeness (QED) is 0.564. The highest BCUT2D eigenvalue weighted by Crippen LogP contribution is 2.09. The van der Waals surface area contributed by atoms with E-state index in [-0.39, 0.29) is 6.03 Å². The van der Waals surface area contributed by atoms with Gasteiger partial charge in [-0.1, -0.05) is 30.3 Å². The molecule has 0 aliphatic heterocycles. The van der Waals surface area contributed by atoms with E-state index in [9.17, 15) is 9.59 Å². The van der Waals surface area contributed by atoms with Crippen LogP contribution in [0, 0.1) is 0 Å². The van der Waals surface area contributed by atoms with Crippen LogP contribution < -0.4 is 5.32 Å². The number of nitrogens with one attached hydrogen (secondary N) is 1. The fourth-order valence-corrected chi connectivity index (χ4v) is 3.07. The van der Waals surface area contributed by atoms with Crippen molar-refractivity contribution >= 4 is 12.1 Å². The number of likely N-dealkylation sites (N-methyl/N-ethyl adjacent to an activating group) is 1. The summed E-state index contributed by atoms with van der Waals surface area (Å²) in [6, 6.07) is 13.9. The van der Waals surface area contributed by atoms with Gasteiger partial charge >= 0.3 is 12.1 Å². The number of urea groups is 1. The van der Waals surface area contributed by atoms with Crippen molar-refractivity contribution < 1.29 is 14.3 Å². The molecule has 0 radical (unpaired) electrons. The molecule has 1 N–H and O–H groups in total.